The van der Waals surface area contributed by atoms with Crippen LogP contribution in [0.4, 0.5) is 0 Å². The summed E-state index contributed by atoms with van der Waals surface area (Å²) in [7, 11) is 0. The highest BCUT2D eigenvalue weighted by atomic mass is 15.2. The van der Waals surface area contributed by atoms with Crippen LogP contribution in [0.2, 0.25) is 0 Å². The second kappa shape index (κ2) is 4.40. The first-order chi connectivity index (χ1) is 6.84. The summed E-state index contributed by atoms with van der Waals surface area (Å²) >= 11 is 0. The van der Waals surface area contributed by atoms with Gasteiger partial charge in [0.25, 0.3) is 0 Å². The van der Waals surface area contributed by atoms with Crippen LogP contribution in [-0.2, 0) is 0 Å². The molecular weight excluding hydrogens is 172 g/mol. The summed E-state index contributed by atoms with van der Waals surface area (Å²) in [5.41, 5.74) is 6.95. The maximum absolute atomic E-state index is 5.69. The van der Waals surface area contributed by atoms with Crippen LogP contribution in [0.25, 0.3) is 6.08 Å². The minimum atomic E-state index is 0.403. The van der Waals surface area contributed by atoms with E-state index in [2.05, 4.69) is 41.3 Å². The molecule has 2 rings (SSSR count). The molecule has 2 heteroatoms. The molecule has 0 atom stereocenters. The number of rotatable bonds is 3. The molecule has 1 fully saturated rings. The fourth-order valence-corrected chi connectivity index (χ4v) is 1.66. The van der Waals surface area contributed by atoms with Crippen molar-refractivity contribution in [2.45, 2.75) is 6.04 Å². The van der Waals surface area contributed by atoms with Crippen molar-refractivity contribution < 1.29 is 0 Å². The largest absolute Gasteiger partial charge is 0.325 e. The fourth-order valence-electron chi connectivity index (χ4n) is 1.66. The number of nitrogens with two attached hydrogens (primary N) is 1. The predicted octanol–water partition coefficient (Wildman–Crippen LogP) is 1.34. The molecule has 0 amide bonds. The van der Waals surface area contributed by atoms with Crippen LogP contribution in [0.5, 0.6) is 0 Å². The van der Waals surface area contributed by atoms with E-state index in [0.29, 0.717) is 6.04 Å². The first kappa shape index (κ1) is 9.44. The van der Waals surface area contributed by atoms with E-state index in [4.69, 9.17) is 5.73 Å². The molecule has 0 spiro atoms. The van der Waals surface area contributed by atoms with Crippen molar-refractivity contribution in [3.63, 3.8) is 0 Å². The van der Waals surface area contributed by atoms with Gasteiger partial charge in [-0.25, -0.2) is 0 Å². The monoisotopic (exact) mass is 188 g/mol. The van der Waals surface area contributed by atoms with Gasteiger partial charge in [-0.3, -0.25) is 4.90 Å². The maximum Gasteiger partial charge on any atom is 0.0297 e. The molecule has 1 aliphatic heterocycles. The molecule has 0 saturated carbocycles. The molecule has 1 aliphatic rings. The van der Waals surface area contributed by atoms with E-state index in [0.717, 1.165) is 19.6 Å². The normalized spacial score (nSPS) is 18.6. The Morgan fingerprint density at radius 3 is 2.64 bits per heavy atom. The summed E-state index contributed by atoms with van der Waals surface area (Å²) < 4.78 is 0. The number of nitrogens with zero attached hydrogens (tertiary/aromatic N) is 1. The van der Waals surface area contributed by atoms with Gasteiger partial charge in [0.2, 0.25) is 0 Å². The molecule has 74 valence electrons. The van der Waals surface area contributed by atoms with Crippen LogP contribution in [0, 0.1) is 0 Å². The molecule has 0 aromatic heterocycles. The highest BCUT2D eigenvalue weighted by Crippen LogP contribution is 2.06. The standard InChI is InChI=1S/C12H16N2/c13-12-9-14(10-12)8-4-7-11-5-2-1-3-6-11/h1-7,12H,8-10,13H2. The van der Waals surface area contributed by atoms with E-state index in [-0.39, 0.29) is 0 Å². The molecular formula is C12H16N2. The van der Waals surface area contributed by atoms with Crippen molar-refractivity contribution >= 4 is 6.08 Å². The topological polar surface area (TPSA) is 29.3 Å². The summed E-state index contributed by atoms with van der Waals surface area (Å²) in [4.78, 5) is 2.34. The zero-order valence-corrected chi connectivity index (χ0v) is 8.26. The van der Waals surface area contributed by atoms with Gasteiger partial charge < -0.3 is 5.73 Å². The summed E-state index contributed by atoms with van der Waals surface area (Å²) in [6.07, 6.45) is 4.35. The Hall–Kier alpha value is -1.12. The zero-order chi connectivity index (χ0) is 9.80. The SMILES string of the molecule is NC1CN(CC=Cc2ccccc2)C1. The minimum Gasteiger partial charge on any atom is -0.325 e. The number of hydrogen-bond donors (Lipinski definition) is 1. The lowest BCUT2D eigenvalue weighted by atomic mass is 10.1. The van der Waals surface area contributed by atoms with Crippen molar-refractivity contribution in [2.24, 2.45) is 5.73 Å². The van der Waals surface area contributed by atoms with E-state index in [9.17, 15) is 0 Å². The van der Waals surface area contributed by atoms with Gasteiger partial charge in [0.05, 0.1) is 0 Å². The third kappa shape index (κ3) is 2.44. The summed E-state index contributed by atoms with van der Waals surface area (Å²) in [6.45, 7) is 3.10. The van der Waals surface area contributed by atoms with Crippen molar-refractivity contribution in [3.8, 4) is 0 Å². The molecule has 0 bridgehead atoms. The molecule has 2 N–H and O–H groups in total. The molecule has 1 aromatic rings. The third-order valence-corrected chi connectivity index (χ3v) is 2.46. The van der Waals surface area contributed by atoms with Crippen molar-refractivity contribution in [3.05, 3.63) is 42.0 Å². The smallest absolute Gasteiger partial charge is 0.0297 e. The average Bonchev–Trinajstić information content (AvgIpc) is 2.17. The number of likely N-dealkylation sites (tertiary alicyclic amines) is 1. The predicted molar refractivity (Wildman–Crippen MR) is 59.9 cm³/mol. The number of hydrogen-bond acceptors (Lipinski definition) is 2. The second-order valence-electron chi connectivity index (χ2n) is 3.79. The molecule has 0 radical (unpaired) electrons. The van der Waals surface area contributed by atoms with Crippen LogP contribution >= 0.6 is 0 Å². The Morgan fingerprint density at radius 1 is 1.29 bits per heavy atom. The zero-order valence-electron chi connectivity index (χ0n) is 8.26. The highest BCUT2D eigenvalue weighted by Gasteiger charge is 2.20. The first-order valence-electron chi connectivity index (χ1n) is 5.04. The van der Waals surface area contributed by atoms with Gasteiger partial charge in [-0.15, -0.1) is 0 Å². The summed E-state index contributed by atoms with van der Waals surface area (Å²) in [6, 6.07) is 10.8. The minimum absolute atomic E-state index is 0.403. The molecule has 2 nitrogen and oxygen atoms in total. The lowest BCUT2D eigenvalue weighted by molar-refractivity contribution is 0.170. The second-order valence-corrected chi connectivity index (χ2v) is 3.79. The van der Waals surface area contributed by atoms with E-state index in [1.54, 1.807) is 0 Å². The third-order valence-electron chi connectivity index (χ3n) is 2.46. The Balaban J connectivity index is 1.78. The Kier molecular flexibility index (Phi) is 2.96. The summed E-state index contributed by atoms with van der Waals surface area (Å²) in [5.74, 6) is 0. The van der Waals surface area contributed by atoms with Crippen molar-refractivity contribution in [2.75, 3.05) is 19.6 Å². The van der Waals surface area contributed by atoms with Gasteiger partial charge in [-0.05, 0) is 5.56 Å². The van der Waals surface area contributed by atoms with E-state index >= 15 is 0 Å². The molecule has 14 heavy (non-hydrogen) atoms. The van der Waals surface area contributed by atoms with Crippen LogP contribution in [0.3, 0.4) is 0 Å². The van der Waals surface area contributed by atoms with E-state index < -0.39 is 0 Å². The van der Waals surface area contributed by atoms with Gasteiger partial charge in [0.15, 0.2) is 0 Å². The van der Waals surface area contributed by atoms with Crippen LogP contribution in [-0.4, -0.2) is 30.6 Å². The Morgan fingerprint density at radius 2 is 2.00 bits per heavy atom. The molecule has 0 unspecified atom stereocenters. The lowest BCUT2D eigenvalue weighted by Gasteiger charge is -2.35. The van der Waals surface area contributed by atoms with Gasteiger partial charge in [-0.2, -0.15) is 0 Å². The summed E-state index contributed by atoms with van der Waals surface area (Å²) in [5, 5.41) is 0. The van der Waals surface area contributed by atoms with Crippen LogP contribution in [0.15, 0.2) is 36.4 Å². The van der Waals surface area contributed by atoms with Crippen LogP contribution < -0.4 is 5.73 Å². The van der Waals surface area contributed by atoms with Gasteiger partial charge >= 0.3 is 0 Å². The van der Waals surface area contributed by atoms with Crippen LogP contribution in [0.1, 0.15) is 5.56 Å². The lowest BCUT2D eigenvalue weighted by Crippen LogP contribution is -2.55. The maximum atomic E-state index is 5.69. The Bertz CT molecular complexity index is 299. The van der Waals surface area contributed by atoms with E-state index in [1.165, 1.54) is 5.56 Å². The molecule has 1 heterocycles. The first-order valence-corrected chi connectivity index (χ1v) is 5.04. The van der Waals surface area contributed by atoms with E-state index in [1.807, 2.05) is 6.07 Å². The van der Waals surface area contributed by atoms with Gasteiger partial charge in [0.1, 0.15) is 0 Å². The van der Waals surface area contributed by atoms with Crippen molar-refractivity contribution in [1.82, 2.24) is 4.90 Å². The van der Waals surface area contributed by atoms with Crippen molar-refractivity contribution in [1.29, 1.82) is 0 Å². The Labute approximate surface area is 85.0 Å². The number of benzene rings is 1. The molecule has 0 aliphatic carbocycles. The highest BCUT2D eigenvalue weighted by molar-refractivity contribution is 5.48. The molecule has 1 saturated heterocycles. The quantitative estimate of drug-likeness (QED) is 0.775. The molecule has 1 aromatic carbocycles. The van der Waals surface area contributed by atoms with Gasteiger partial charge in [-0.1, -0.05) is 42.5 Å². The average molecular weight is 188 g/mol. The fraction of sp³-hybridized carbons (Fsp3) is 0.333. The van der Waals surface area contributed by atoms with Gasteiger partial charge in [0, 0.05) is 25.7 Å².